The molecule has 318 valence electrons. The number of esters is 2. The highest BCUT2D eigenvalue weighted by Gasteiger charge is 2.25. The van der Waals surface area contributed by atoms with Gasteiger partial charge in [-0.2, -0.15) is 0 Å². The van der Waals surface area contributed by atoms with Gasteiger partial charge in [-0.1, -0.05) is 203 Å². The lowest BCUT2D eigenvalue weighted by molar-refractivity contribution is -0.161. The molecule has 0 spiro atoms. The predicted molar refractivity (Wildman–Crippen MR) is 229 cm³/mol. The molecule has 0 radical (unpaired) electrons. The molecule has 9 nitrogen and oxygen atoms in total. The number of phosphoric acid groups is 1. The van der Waals surface area contributed by atoms with Gasteiger partial charge in [0.25, 0.3) is 0 Å². The van der Waals surface area contributed by atoms with Crippen LogP contribution < -0.4 is 5.73 Å². The van der Waals surface area contributed by atoms with Gasteiger partial charge in [-0.3, -0.25) is 18.6 Å². The maximum Gasteiger partial charge on any atom is 0.472 e. The Bertz CT molecular complexity index is 1090. The van der Waals surface area contributed by atoms with Gasteiger partial charge in [0, 0.05) is 19.4 Å². The standard InChI is InChI=1S/C45H80NO8P/c1-3-5-7-9-11-13-15-17-18-19-20-21-22-23-24-26-27-29-31-33-35-37-44(47)51-41-43(42-53-55(49,50)52-40-39-46)54-45(48)38-36-34-32-30-28-25-16-14-12-10-8-6-4-2/h6,8,10,12,14,16,25,28,30,32,43H,3-5,7,9,11,13,15,17-24,26-27,29,31,33-42,46H2,1-2H3,(H,49,50)/b8-6+,12-10+,16-14+,28-25+,32-30+. The zero-order chi connectivity index (χ0) is 40.3. The number of hydrogen-bond acceptors (Lipinski definition) is 8. The molecule has 0 aromatic heterocycles. The quantitative estimate of drug-likeness (QED) is 0.0269. The number of rotatable bonds is 40. The second kappa shape index (κ2) is 41.3. The number of hydrogen-bond donors (Lipinski definition) is 2. The van der Waals surface area contributed by atoms with Gasteiger partial charge in [-0.15, -0.1) is 0 Å². The Hall–Kier alpha value is -2.29. The number of unbranched alkanes of at least 4 members (excludes halogenated alkanes) is 21. The van der Waals surface area contributed by atoms with Gasteiger partial charge in [0.05, 0.1) is 13.2 Å². The molecule has 0 amide bonds. The van der Waals surface area contributed by atoms with Crippen LogP contribution in [0.4, 0.5) is 0 Å². The Kier molecular flexibility index (Phi) is 39.6. The van der Waals surface area contributed by atoms with Gasteiger partial charge in [-0.05, 0) is 25.7 Å². The summed E-state index contributed by atoms with van der Waals surface area (Å²) < 4.78 is 32.7. The summed E-state index contributed by atoms with van der Waals surface area (Å²) in [6, 6.07) is 0. The highest BCUT2D eigenvalue weighted by Crippen LogP contribution is 2.43. The molecule has 0 aliphatic rings. The molecule has 0 aliphatic heterocycles. The van der Waals surface area contributed by atoms with E-state index in [4.69, 9.17) is 24.3 Å². The van der Waals surface area contributed by atoms with Gasteiger partial charge in [0.1, 0.15) is 6.61 Å². The topological polar surface area (TPSA) is 134 Å². The fourth-order valence-electron chi connectivity index (χ4n) is 5.84. The zero-order valence-corrected chi connectivity index (χ0v) is 35.8. The number of phosphoric ester groups is 1. The fraction of sp³-hybridized carbons (Fsp3) is 0.733. The first-order valence-electron chi connectivity index (χ1n) is 21.8. The minimum Gasteiger partial charge on any atom is -0.462 e. The van der Waals surface area contributed by atoms with Crippen LogP contribution in [-0.2, 0) is 32.7 Å². The van der Waals surface area contributed by atoms with E-state index in [0.717, 1.165) is 25.7 Å². The molecule has 0 fully saturated rings. The van der Waals surface area contributed by atoms with Gasteiger partial charge >= 0.3 is 19.8 Å². The molecule has 2 unspecified atom stereocenters. The van der Waals surface area contributed by atoms with E-state index < -0.39 is 32.5 Å². The molecule has 0 saturated heterocycles. The summed E-state index contributed by atoms with van der Waals surface area (Å²) in [5, 5.41) is 0. The fourth-order valence-corrected chi connectivity index (χ4v) is 6.61. The Labute approximate surface area is 336 Å². The molecule has 0 bridgehead atoms. The molecule has 0 saturated carbocycles. The highest BCUT2D eigenvalue weighted by molar-refractivity contribution is 7.47. The van der Waals surface area contributed by atoms with Crippen molar-refractivity contribution in [3.05, 3.63) is 60.8 Å². The van der Waals surface area contributed by atoms with E-state index in [2.05, 4.69) is 19.9 Å². The monoisotopic (exact) mass is 794 g/mol. The number of carbonyl (C=O) groups excluding carboxylic acids is 2. The van der Waals surface area contributed by atoms with Crippen LogP contribution in [0.3, 0.4) is 0 Å². The molecule has 10 heteroatoms. The first-order valence-corrected chi connectivity index (χ1v) is 23.3. The van der Waals surface area contributed by atoms with Crippen LogP contribution in [-0.4, -0.2) is 49.3 Å². The number of allylic oxidation sites excluding steroid dienone is 10. The summed E-state index contributed by atoms with van der Waals surface area (Å²) in [5.41, 5.74) is 5.34. The predicted octanol–water partition coefficient (Wildman–Crippen LogP) is 12.5. The number of nitrogens with two attached hydrogens (primary N) is 1. The minimum absolute atomic E-state index is 0.0404. The number of carbonyl (C=O) groups is 2. The van der Waals surface area contributed by atoms with Crippen molar-refractivity contribution in [2.75, 3.05) is 26.4 Å². The Morgan fingerprint density at radius 3 is 1.47 bits per heavy atom. The van der Waals surface area contributed by atoms with Crippen LogP contribution in [0.5, 0.6) is 0 Å². The third kappa shape index (κ3) is 41.2. The third-order valence-corrected chi connectivity index (χ3v) is 10.0. The number of ether oxygens (including phenoxy) is 2. The molecular formula is C45H80NO8P. The molecule has 0 rings (SSSR count). The summed E-state index contributed by atoms with van der Waals surface area (Å²) in [4.78, 5) is 34.8. The van der Waals surface area contributed by atoms with E-state index in [9.17, 15) is 19.0 Å². The van der Waals surface area contributed by atoms with Crippen LogP contribution in [0.2, 0.25) is 0 Å². The van der Waals surface area contributed by atoms with E-state index in [1.807, 2.05) is 54.7 Å². The third-order valence-electron chi connectivity index (χ3n) is 9.05. The van der Waals surface area contributed by atoms with Crippen molar-refractivity contribution in [2.24, 2.45) is 5.73 Å². The molecule has 0 aliphatic carbocycles. The van der Waals surface area contributed by atoms with Crippen LogP contribution in [0.15, 0.2) is 60.8 Å². The first kappa shape index (κ1) is 52.7. The van der Waals surface area contributed by atoms with E-state index in [0.29, 0.717) is 12.8 Å². The lowest BCUT2D eigenvalue weighted by Gasteiger charge is -2.19. The van der Waals surface area contributed by atoms with E-state index in [1.54, 1.807) is 0 Å². The minimum atomic E-state index is -4.40. The van der Waals surface area contributed by atoms with Crippen molar-refractivity contribution < 1.29 is 37.6 Å². The average Bonchev–Trinajstić information content (AvgIpc) is 3.17. The summed E-state index contributed by atoms with van der Waals surface area (Å²) in [6.45, 7) is 3.51. The largest absolute Gasteiger partial charge is 0.472 e. The smallest absolute Gasteiger partial charge is 0.462 e. The van der Waals surface area contributed by atoms with E-state index in [1.165, 1.54) is 116 Å². The second-order valence-corrected chi connectivity index (χ2v) is 15.8. The lowest BCUT2D eigenvalue weighted by Crippen LogP contribution is -2.29. The summed E-state index contributed by atoms with van der Waals surface area (Å²) >= 11 is 0. The van der Waals surface area contributed by atoms with Crippen molar-refractivity contribution in [3.63, 3.8) is 0 Å². The van der Waals surface area contributed by atoms with Gasteiger partial charge in [-0.25, -0.2) is 4.57 Å². The van der Waals surface area contributed by atoms with Crippen LogP contribution in [0, 0.1) is 0 Å². The second-order valence-electron chi connectivity index (χ2n) is 14.3. The molecule has 0 aromatic carbocycles. The first-order chi connectivity index (χ1) is 26.8. The highest BCUT2D eigenvalue weighted by atomic mass is 31.2. The summed E-state index contributed by atoms with van der Waals surface area (Å²) in [7, 11) is -4.40. The van der Waals surface area contributed by atoms with Gasteiger partial charge in [0.2, 0.25) is 0 Å². The van der Waals surface area contributed by atoms with Crippen LogP contribution in [0.25, 0.3) is 0 Å². The summed E-state index contributed by atoms with van der Waals surface area (Å²) in [5.74, 6) is -0.914. The maximum atomic E-state index is 12.5. The van der Waals surface area contributed by atoms with Crippen molar-refractivity contribution in [2.45, 2.75) is 187 Å². The van der Waals surface area contributed by atoms with Crippen molar-refractivity contribution in [1.29, 1.82) is 0 Å². The molecule has 0 aromatic rings. The summed E-state index contributed by atoms with van der Waals surface area (Å²) in [6.07, 6.45) is 48.5. The molecule has 0 heterocycles. The SMILES string of the molecule is CC/C=C/C=C/C=C/C=C/C=C/CCCC(=O)OC(COC(=O)CCCCCCCCCCCCCCCCCCCCCCC)COP(=O)(O)OCCN. The Balaban J connectivity index is 4.14. The molecule has 55 heavy (non-hydrogen) atoms. The Morgan fingerprint density at radius 1 is 0.564 bits per heavy atom. The van der Waals surface area contributed by atoms with E-state index >= 15 is 0 Å². The average molecular weight is 794 g/mol. The van der Waals surface area contributed by atoms with Crippen molar-refractivity contribution in [1.82, 2.24) is 0 Å². The molecular weight excluding hydrogens is 713 g/mol. The molecule has 3 N–H and O–H groups in total. The Morgan fingerprint density at radius 2 is 1.00 bits per heavy atom. The van der Waals surface area contributed by atoms with E-state index in [-0.39, 0.29) is 32.6 Å². The normalized spacial score (nSPS) is 13.9. The lowest BCUT2D eigenvalue weighted by atomic mass is 10.0. The van der Waals surface area contributed by atoms with Gasteiger partial charge in [0.15, 0.2) is 6.10 Å². The molecule has 2 atom stereocenters. The van der Waals surface area contributed by atoms with Crippen molar-refractivity contribution in [3.8, 4) is 0 Å². The van der Waals surface area contributed by atoms with Crippen LogP contribution in [0.1, 0.15) is 181 Å². The van der Waals surface area contributed by atoms with Crippen molar-refractivity contribution >= 4 is 19.8 Å². The van der Waals surface area contributed by atoms with Crippen LogP contribution >= 0.6 is 7.82 Å². The zero-order valence-electron chi connectivity index (χ0n) is 34.9. The maximum absolute atomic E-state index is 12.5. The van der Waals surface area contributed by atoms with Gasteiger partial charge < -0.3 is 20.1 Å².